The molecule has 0 aliphatic heterocycles. The van der Waals surface area contributed by atoms with Crippen molar-refractivity contribution in [2.24, 2.45) is 23.7 Å². The second-order valence-corrected chi connectivity index (χ2v) is 9.12. The van der Waals surface area contributed by atoms with Crippen LogP contribution in [0.4, 0.5) is 0 Å². The molecule has 160 valence electrons. The molecular weight excluding hydrogens is 366 g/mol. The number of nitrogens with zero attached hydrogens (tertiary/aromatic N) is 1. The van der Waals surface area contributed by atoms with E-state index >= 15 is 0 Å². The van der Waals surface area contributed by atoms with Gasteiger partial charge in [-0.1, -0.05) is 6.08 Å². The van der Waals surface area contributed by atoms with Gasteiger partial charge in [-0.2, -0.15) is 5.26 Å². The summed E-state index contributed by atoms with van der Waals surface area (Å²) in [4.78, 5) is 24.2. The number of allylic oxidation sites excluding steroid dienone is 1. The predicted octanol–water partition coefficient (Wildman–Crippen LogP) is 5.10. The van der Waals surface area contributed by atoms with Crippen LogP contribution in [0.3, 0.4) is 0 Å². The van der Waals surface area contributed by atoms with E-state index in [9.17, 15) is 9.59 Å². The Bertz CT molecular complexity index is 613. The Hall–Kier alpha value is -1.83. The average Bonchev–Trinajstić information content (AvgIpc) is 2.75. The van der Waals surface area contributed by atoms with Gasteiger partial charge in [-0.25, -0.2) is 4.79 Å². The van der Waals surface area contributed by atoms with Crippen molar-refractivity contribution in [3.63, 3.8) is 0 Å². The number of hydrogen-bond acceptors (Lipinski definition) is 5. The maximum atomic E-state index is 12.6. The fourth-order valence-corrected chi connectivity index (χ4v) is 5.41. The topological polar surface area (TPSA) is 76.4 Å². The summed E-state index contributed by atoms with van der Waals surface area (Å²) in [6, 6.07) is 2.33. The molecule has 0 radical (unpaired) electrons. The van der Waals surface area contributed by atoms with Crippen molar-refractivity contribution >= 4 is 11.9 Å². The molecule has 0 heterocycles. The number of nitriles is 1. The molecule has 29 heavy (non-hydrogen) atoms. The summed E-state index contributed by atoms with van der Waals surface area (Å²) < 4.78 is 11.3. The first kappa shape index (κ1) is 21.9. The fourth-order valence-electron chi connectivity index (χ4n) is 5.41. The van der Waals surface area contributed by atoms with Crippen LogP contribution in [-0.4, -0.2) is 24.1 Å². The van der Waals surface area contributed by atoms with Crippen LogP contribution < -0.4 is 0 Å². The molecule has 3 saturated carbocycles. The molecule has 3 fully saturated rings. The first-order valence-electron chi connectivity index (χ1n) is 11.5. The van der Waals surface area contributed by atoms with Gasteiger partial charge in [0.05, 0.1) is 12.0 Å². The zero-order valence-electron chi connectivity index (χ0n) is 17.7. The van der Waals surface area contributed by atoms with E-state index in [0.717, 1.165) is 77.0 Å². The maximum Gasteiger partial charge on any atom is 0.330 e. The van der Waals surface area contributed by atoms with E-state index in [1.54, 1.807) is 6.08 Å². The van der Waals surface area contributed by atoms with Crippen LogP contribution in [0.1, 0.15) is 84.0 Å². The first-order chi connectivity index (χ1) is 14.1. The Kier molecular flexibility index (Phi) is 8.15. The van der Waals surface area contributed by atoms with Gasteiger partial charge in [0.25, 0.3) is 0 Å². The lowest BCUT2D eigenvalue weighted by molar-refractivity contribution is -0.157. The summed E-state index contributed by atoms with van der Waals surface area (Å²) in [6.45, 7) is 1.82. The third kappa shape index (κ3) is 6.32. The number of carbonyl (C=O) groups is 2. The van der Waals surface area contributed by atoms with Crippen LogP contribution in [0.5, 0.6) is 0 Å². The summed E-state index contributed by atoms with van der Waals surface area (Å²) in [6.07, 6.45) is 14.9. The Labute approximate surface area is 174 Å². The molecule has 0 aromatic rings. The van der Waals surface area contributed by atoms with Crippen LogP contribution in [0.15, 0.2) is 12.2 Å². The lowest BCUT2D eigenvalue weighted by Crippen LogP contribution is -2.33. The molecule has 3 aliphatic rings. The molecule has 0 amide bonds. The number of rotatable bonds is 5. The summed E-state index contributed by atoms with van der Waals surface area (Å²) in [7, 11) is 0. The van der Waals surface area contributed by atoms with Crippen molar-refractivity contribution in [2.45, 2.75) is 96.2 Å². The molecular formula is C24H35NO4. The molecule has 5 nitrogen and oxygen atoms in total. The molecule has 0 aromatic heterocycles. The van der Waals surface area contributed by atoms with Gasteiger partial charge in [-0.15, -0.1) is 0 Å². The average molecular weight is 402 g/mol. The number of ether oxygens (including phenoxy) is 2. The minimum atomic E-state index is -0.226. The molecule has 3 rings (SSSR count). The van der Waals surface area contributed by atoms with Gasteiger partial charge in [0, 0.05) is 12.0 Å². The minimum Gasteiger partial charge on any atom is -0.462 e. The van der Waals surface area contributed by atoms with Crippen LogP contribution in [0.25, 0.3) is 0 Å². The molecule has 3 aliphatic carbocycles. The summed E-state index contributed by atoms with van der Waals surface area (Å²) in [5.74, 6) is 1.35. The highest BCUT2D eigenvalue weighted by molar-refractivity contribution is 5.81. The van der Waals surface area contributed by atoms with E-state index in [-0.39, 0.29) is 36.0 Å². The SMILES string of the molecule is CC=CC(=O)OC1CCC(C2CCC(C(=O)OC3CCC(C#N)CC3)CC2)CC1. The molecule has 0 spiro atoms. The summed E-state index contributed by atoms with van der Waals surface area (Å²) in [5, 5.41) is 8.99. The second-order valence-electron chi connectivity index (χ2n) is 9.12. The van der Waals surface area contributed by atoms with Crippen LogP contribution >= 0.6 is 0 Å². The van der Waals surface area contributed by atoms with E-state index in [4.69, 9.17) is 14.7 Å². The Morgan fingerprint density at radius 2 is 1.31 bits per heavy atom. The molecule has 0 bridgehead atoms. The monoisotopic (exact) mass is 401 g/mol. The number of carbonyl (C=O) groups excluding carboxylic acids is 2. The minimum absolute atomic E-state index is 0.0107. The predicted molar refractivity (Wildman–Crippen MR) is 110 cm³/mol. The lowest BCUT2D eigenvalue weighted by Gasteiger charge is -2.37. The second kappa shape index (κ2) is 10.8. The van der Waals surface area contributed by atoms with Crippen molar-refractivity contribution < 1.29 is 19.1 Å². The van der Waals surface area contributed by atoms with Gasteiger partial charge < -0.3 is 9.47 Å². The van der Waals surface area contributed by atoms with E-state index < -0.39 is 0 Å². The van der Waals surface area contributed by atoms with Gasteiger partial charge in [0.1, 0.15) is 12.2 Å². The normalized spacial score (nSPS) is 35.6. The maximum absolute atomic E-state index is 12.6. The van der Waals surface area contributed by atoms with Crippen molar-refractivity contribution in [1.82, 2.24) is 0 Å². The fraction of sp³-hybridized carbons (Fsp3) is 0.792. The van der Waals surface area contributed by atoms with Gasteiger partial charge in [-0.3, -0.25) is 4.79 Å². The van der Waals surface area contributed by atoms with Gasteiger partial charge in [-0.05, 0) is 95.8 Å². The van der Waals surface area contributed by atoms with Gasteiger partial charge in [0.2, 0.25) is 0 Å². The first-order valence-corrected chi connectivity index (χ1v) is 11.5. The lowest BCUT2D eigenvalue weighted by atomic mass is 9.70. The summed E-state index contributed by atoms with van der Waals surface area (Å²) in [5.41, 5.74) is 0. The van der Waals surface area contributed by atoms with Crippen molar-refractivity contribution in [2.75, 3.05) is 0 Å². The number of esters is 2. The van der Waals surface area contributed by atoms with Crippen molar-refractivity contribution in [1.29, 1.82) is 5.26 Å². The zero-order valence-corrected chi connectivity index (χ0v) is 17.7. The Morgan fingerprint density at radius 1 is 0.793 bits per heavy atom. The Morgan fingerprint density at radius 3 is 1.86 bits per heavy atom. The molecule has 0 atom stereocenters. The van der Waals surface area contributed by atoms with E-state index in [2.05, 4.69) is 6.07 Å². The highest BCUT2D eigenvalue weighted by Crippen LogP contribution is 2.41. The van der Waals surface area contributed by atoms with Gasteiger partial charge >= 0.3 is 11.9 Å². The zero-order chi connectivity index (χ0) is 20.6. The Balaban J connectivity index is 1.35. The van der Waals surface area contributed by atoms with Crippen molar-refractivity contribution in [3.05, 3.63) is 12.2 Å². The molecule has 0 N–H and O–H groups in total. The van der Waals surface area contributed by atoms with Gasteiger partial charge in [0.15, 0.2) is 0 Å². The summed E-state index contributed by atoms with van der Waals surface area (Å²) >= 11 is 0. The number of hydrogen-bond donors (Lipinski definition) is 0. The van der Waals surface area contributed by atoms with E-state index in [1.165, 1.54) is 6.08 Å². The van der Waals surface area contributed by atoms with E-state index in [0.29, 0.717) is 11.8 Å². The van der Waals surface area contributed by atoms with Crippen LogP contribution in [-0.2, 0) is 19.1 Å². The van der Waals surface area contributed by atoms with Crippen LogP contribution in [0.2, 0.25) is 0 Å². The molecule has 0 unspecified atom stereocenters. The largest absolute Gasteiger partial charge is 0.462 e. The molecule has 5 heteroatoms. The van der Waals surface area contributed by atoms with Crippen LogP contribution in [0, 0.1) is 35.0 Å². The molecule has 0 saturated heterocycles. The third-order valence-corrected chi connectivity index (χ3v) is 7.22. The third-order valence-electron chi connectivity index (χ3n) is 7.22. The standard InChI is InChI=1S/C24H35NO4/c1-2-3-23(26)28-21-14-10-19(11-15-21)18-6-8-20(9-7-18)24(27)29-22-12-4-17(16-25)5-13-22/h2-3,17-22H,4-15H2,1H3. The van der Waals surface area contributed by atoms with Crippen molar-refractivity contribution in [3.8, 4) is 6.07 Å². The quantitative estimate of drug-likeness (QED) is 0.473. The van der Waals surface area contributed by atoms with E-state index in [1.807, 2.05) is 6.92 Å². The highest BCUT2D eigenvalue weighted by Gasteiger charge is 2.35. The highest BCUT2D eigenvalue weighted by atomic mass is 16.5. The molecule has 0 aromatic carbocycles. The smallest absolute Gasteiger partial charge is 0.330 e.